The zero-order valence-corrected chi connectivity index (χ0v) is 20.3. The van der Waals surface area contributed by atoms with E-state index >= 15 is 0 Å². The molecular formula is C26H24N2O4S2. The van der Waals surface area contributed by atoms with Crippen molar-refractivity contribution in [1.29, 1.82) is 0 Å². The Morgan fingerprint density at radius 2 is 1.59 bits per heavy atom. The van der Waals surface area contributed by atoms with E-state index in [1.807, 2.05) is 47.8 Å². The molecule has 1 N–H and O–H groups in total. The number of amides is 1. The van der Waals surface area contributed by atoms with Crippen LogP contribution in [-0.4, -0.2) is 28.5 Å². The molecule has 0 aliphatic rings. The molecule has 1 aromatic heterocycles. The summed E-state index contributed by atoms with van der Waals surface area (Å²) in [6.07, 6.45) is 0. The first-order valence-electron chi connectivity index (χ1n) is 10.5. The second-order valence-electron chi connectivity index (χ2n) is 7.50. The summed E-state index contributed by atoms with van der Waals surface area (Å²) in [5.74, 6) is 0.161. The Morgan fingerprint density at radius 3 is 2.24 bits per heavy atom. The quantitative estimate of drug-likeness (QED) is 0.371. The van der Waals surface area contributed by atoms with Crippen molar-refractivity contribution in [2.75, 3.05) is 18.5 Å². The van der Waals surface area contributed by atoms with Crippen LogP contribution in [0, 0.1) is 0 Å². The lowest BCUT2D eigenvalue weighted by molar-refractivity contribution is 0.0943. The molecular weight excluding hydrogens is 468 g/mol. The van der Waals surface area contributed by atoms with Crippen molar-refractivity contribution in [1.82, 2.24) is 5.32 Å². The maximum atomic E-state index is 13.2. The molecule has 1 amide bonds. The summed E-state index contributed by atoms with van der Waals surface area (Å²) in [6.45, 7) is 0. The highest BCUT2D eigenvalue weighted by atomic mass is 32.2. The SMILES string of the molecule is COc1ccccc1N(C)S(=O)(=O)c1ccc(C(=O)N[C@H](c2ccccc2)c2cccs2)cc1. The summed E-state index contributed by atoms with van der Waals surface area (Å²) in [7, 11) is -0.882. The maximum absolute atomic E-state index is 13.2. The highest BCUT2D eigenvalue weighted by Crippen LogP contribution is 2.31. The molecule has 0 fully saturated rings. The lowest BCUT2D eigenvalue weighted by Crippen LogP contribution is -2.29. The summed E-state index contributed by atoms with van der Waals surface area (Å²) >= 11 is 1.56. The predicted molar refractivity (Wildman–Crippen MR) is 135 cm³/mol. The van der Waals surface area contributed by atoms with E-state index in [9.17, 15) is 13.2 Å². The van der Waals surface area contributed by atoms with Gasteiger partial charge in [0.05, 0.1) is 23.7 Å². The molecule has 34 heavy (non-hydrogen) atoms. The highest BCUT2D eigenvalue weighted by molar-refractivity contribution is 7.92. The van der Waals surface area contributed by atoms with E-state index in [-0.39, 0.29) is 16.8 Å². The van der Waals surface area contributed by atoms with Gasteiger partial charge in [-0.05, 0) is 53.4 Å². The van der Waals surface area contributed by atoms with E-state index in [2.05, 4.69) is 5.32 Å². The third-order valence-electron chi connectivity index (χ3n) is 5.44. The summed E-state index contributed by atoms with van der Waals surface area (Å²) in [4.78, 5) is 14.1. The largest absolute Gasteiger partial charge is 0.495 e. The molecule has 0 aliphatic heterocycles. The Morgan fingerprint density at radius 1 is 0.912 bits per heavy atom. The summed E-state index contributed by atoms with van der Waals surface area (Å²) < 4.78 is 32.8. The van der Waals surface area contributed by atoms with E-state index in [1.165, 1.54) is 42.7 Å². The van der Waals surface area contributed by atoms with Crippen LogP contribution >= 0.6 is 11.3 Å². The molecule has 6 nitrogen and oxygen atoms in total. The van der Waals surface area contributed by atoms with Gasteiger partial charge in [0.25, 0.3) is 15.9 Å². The van der Waals surface area contributed by atoms with Gasteiger partial charge in [0.2, 0.25) is 0 Å². The molecule has 0 aliphatic carbocycles. The van der Waals surface area contributed by atoms with Crippen LogP contribution in [-0.2, 0) is 10.0 Å². The van der Waals surface area contributed by atoms with E-state index < -0.39 is 10.0 Å². The molecule has 0 radical (unpaired) electrons. The first-order chi connectivity index (χ1) is 16.4. The van der Waals surface area contributed by atoms with Gasteiger partial charge in [-0.1, -0.05) is 48.5 Å². The maximum Gasteiger partial charge on any atom is 0.264 e. The van der Waals surface area contributed by atoms with Crippen LogP contribution in [0.25, 0.3) is 0 Å². The van der Waals surface area contributed by atoms with Crippen LogP contribution in [0.1, 0.15) is 26.8 Å². The molecule has 4 aromatic rings. The Hall–Kier alpha value is -3.62. The van der Waals surface area contributed by atoms with E-state index in [0.29, 0.717) is 17.0 Å². The van der Waals surface area contributed by atoms with E-state index in [1.54, 1.807) is 35.6 Å². The minimum atomic E-state index is -3.85. The Kier molecular flexibility index (Phi) is 7.00. The van der Waals surface area contributed by atoms with Gasteiger partial charge in [0, 0.05) is 17.5 Å². The predicted octanol–water partition coefficient (Wildman–Crippen LogP) is 5.10. The molecule has 0 saturated heterocycles. The van der Waals surface area contributed by atoms with Gasteiger partial charge < -0.3 is 10.1 Å². The van der Waals surface area contributed by atoms with Crippen molar-refractivity contribution in [3.05, 3.63) is 112 Å². The minimum absolute atomic E-state index is 0.0790. The molecule has 0 unspecified atom stereocenters. The summed E-state index contributed by atoms with van der Waals surface area (Å²) in [5.41, 5.74) is 1.76. The average molecular weight is 493 g/mol. The third kappa shape index (κ3) is 4.83. The van der Waals surface area contributed by atoms with Gasteiger partial charge >= 0.3 is 0 Å². The highest BCUT2D eigenvalue weighted by Gasteiger charge is 2.24. The molecule has 1 atom stereocenters. The van der Waals surface area contributed by atoms with Gasteiger partial charge in [0.1, 0.15) is 5.75 Å². The van der Waals surface area contributed by atoms with Crippen LogP contribution in [0.5, 0.6) is 5.75 Å². The molecule has 0 bridgehead atoms. The van der Waals surface area contributed by atoms with Gasteiger partial charge in [0.15, 0.2) is 0 Å². The number of ether oxygens (including phenoxy) is 1. The molecule has 8 heteroatoms. The zero-order valence-electron chi connectivity index (χ0n) is 18.7. The van der Waals surface area contributed by atoms with Crippen molar-refractivity contribution in [3.63, 3.8) is 0 Å². The van der Waals surface area contributed by atoms with Crippen LogP contribution in [0.3, 0.4) is 0 Å². The second-order valence-corrected chi connectivity index (χ2v) is 10.4. The number of para-hydroxylation sites is 2. The Labute approximate surface area is 203 Å². The molecule has 174 valence electrons. The topological polar surface area (TPSA) is 75.7 Å². The fraction of sp³-hybridized carbons (Fsp3) is 0.115. The van der Waals surface area contributed by atoms with Gasteiger partial charge in [-0.3, -0.25) is 9.10 Å². The zero-order chi connectivity index (χ0) is 24.1. The average Bonchev–Trinajstić information content (AvgIpc) is 3.42. The van der Waals surface area contributed by atoms with E-state index in [0.717, 1.165) is 10.4 Å². The van der Waals surface area contributed by atoms with Crippen molar-refractivity contribution in [3.8, 4) is 5.75 Å². The fourth-order valence-electron chi connectivity index (χ4n) is 3.59. The standard InChI is InChI=1S/C26H24N2O4S2/c1-28(22-11-6-7-12-23(22)32-2)34(30,31)21-16-14-20(15-17-21)26(29)27-25(24-13-8-18-33-24)19-9-4-3-5-10-19/h3-18,25H,1-2H3,(H,27,29)/t25-/m1/s1. The van der Waals surface area contributed by atoms with Crippen molar-refractivity contribution in [2.24, 2.45) is 0 Å². The second kappa shape index (κ2) is 10.1. The van der Waals surface area contributed by atoms with E-state index in [4.69, 9.17) is 4.74 Å². The molecule has 1 heterocycles. The monoisotopic (exact) mass is 492 g/mol. The molecule has 0 spiro atoms. The van der Waals surface area contributed by atoms with Gasteiger partial charge in [-0.15, -0.1) is 11.3 Å². The van der Waals surface area contributed by atoms with Crippen LogP contribution < -0.4 is 14.4 Å². The van der Waals surface area contributed by atoms with Crippen molar-refractivity contribution in [2.45, 2.75) is 10.9 Å². The Balaban J connectivity index is 1.56. The normalized spacial score (nSPS) is 12.1. The molecule has 0 saturated carbocycles. The number of methoxy groups -OCH3 is 1. The van der Waals surface area contributed by atoms with Crippen LogP contribution in [0.4, 0.5) is 5.69 Å². The minimum Gasteiger partial charge on any atom is -0.495 e. The number of hydrogen-bond acceptors (Lipinski definition) is 5. The summed E-state index contributed by atoms with van der Waals surface area (Å²) in [6, 6.07) is 26.2. The number of nitrogens with one attached hydrogen (secondary N) is 1. The number of carbonyl (C=O) groups is 1. The van der Waals surface area contributed by atoms with Crippen molar-refractivity contribution >= 4 is 33.0 Å². The lowest BCUT2D eigenvalue weighted by atomic mass is 10.0. The number of carbonyl (C=O) groups excluding carboxylic acids is 1. The van der Waals surface area contributed by atoms with Crippen molar-refractivity contribution < 1.29 is 17.9 Å². The Bertz CT molecular complexity index is 1350. The van der Waals surface area contributed by atoms with Gasteiger partial charge in [-0.25, -0.2) is 8.42 Å². The molecule has 4 rings (SSSR count). The number of nitrogens with zero attached hydrogens (tertiary/aromatic N) is 1. The number of sulfonamides is 1. The van der Waals surface area contributed by atoms with Crippen LogP contribution in [0.15, 0.2) is 101 Å². The van der Waals surface area contributed by atoms with Crippen LogP contribution in [0.2, 0.25) is 0 Å². The number of thiophene rings is 1. The number of hydrogen-bond donors (Lipinski definition) is 1. The fourth-order valence-corrected chi connectivity index (χ4v) is 5.60. The lowest BCUT2D eigenvalue weighted by Gasteiger charge is -2.22. The molecule has 3 aromatic carbocycles. The number of anilines is 1. The van der Waals surface area contributed by atoms with Gasteiger partial charge in [-0.2, -0.15) is 0 Å². The number of benzene rings is 3. The first-order valence-corrected chi connectivity index (χ1v) is 12.8. The first kappa shape index (κ1) is 23.5. The smallest absolute Gasteiger partial charge is 0.264 e. The summed E-state index contributed by atoms with van der Waals surface area (Å²) in [5, 5.41) is 5.04. The third-order valence-corrected chi connectivity index (χ3v) is 8.16. The number of rotatable bonds is 8.